The molecule has 0 aliphatic carbocycles. The minimum atomic E-state index is -3.28. The van der Waals surface area contributed by atoms with Crippen LogP contribution in [0.1, 0.15) is 18.1 Å². The van der Waals surface area contributed by atoms with Crippen LogP contribution in [0, 0.1) is 0 Å². The van der Waals surface area contributed by atoms with Gasteiger partial charge < -0.3 is 10.2 Å². The summed E-state index contributed by atoms with van der Waals surface area (Å²) in [6.45, 7) is 2.62. The molecule has 0 saturated heterocycles. The summed E-state index contributed by atoms with van der Waals surface area (Å²) in [5.74, 6) is 0.0135. The Morgan fingerprint density at radius 2 is 1.92 bits per heavy atom. The maximum atomic E-state index is 11.9. The molecule has 0 bridgehead atoms. The average Bonchev–Trinajstić information content (AvgIpc) is 2.97. The van der Waals surface area contributed by atoms with E-state index < -0.39 is 9.84 Å². The van der Waals surface area contributed by atoms with Crippen molar-refractivity contribution >= 4 is 27.1 Å². The van der Waals surface area contributed by atoms with Crippen LogP contribution in [0.15, 0.2) is 47.4 Å². The molecule has 0 spiro atoms. The smallest absolute Gasteiger partial charge is 0.223 e. The first-order chi connectivity index (χ1) is 11.4. The molecule has 0 fully saturated rings. The number of amides is 1. The van der Waals surface area contributed by atoms with Gasteiger partial charge in [-0.1, -0.05) is 30.3 Å². The Kier molecular flexibility index (Phi) is 4.32. The van der Waals surface area contributed by atoms with Crippen molar-refractivity contribution < 1.29 is 13.2 Å². The van der Waals surface area contributed by atoms with Gasteiger partial charge in [-0.05, 0) is 29.7 Å². The lowest BCUT2D eigenvalue weighted by Gasteiger charge is -2.20. The maximum absolute atomic E-state index is 11.9. The molecule has 1 heterocycles. The minimum absolute atomic E-state index is 0.0135. The number of fused-ring (bicyclic) bond motifs is 1. The summed E-state index contributed by atoms with van der Waals surface area (Å²) >= 11 is 0. The molecular weight excluding hydrogens is 324 g/mol. The number of hydrogen-bond donors (Lipinski definition) is 1. The van der Waals surface area contributed by atoms with Crippen molar-refractivity contribution in [2.24, 2.45) is 0 Å². The first kappa shape index (κ1) is 16.5. The van der Waals surface area contributed by atoms with Crippen molar-refractivity contribution in [2.45, 2.75) is 24.8 Å². The molecule has 1 N–H and O–H groups in total. The molecule has 0 saturated carbocycles. The lowest BCUT2D eigenvalue weighted by atomic mass is 10.1. The largest absolute Gasteiger partial charge is 0.379 e. The normalized spacial score (nSPS) is 13.7. The van der Waals surface area contributed by atoms with Gasteiger partial charge in [-0.2, -0.15) is 0 Å². The second-order valence-corrected chi connectivity index (χ2v) is 7.95. The predicted octanol–water partition coefficient (Wildman–Crippen LogP) is 2.61. The standard InChI is InChI=1S/C18H20N2O3S/c1-13(21)20-11-10-14-7-5-8-16(18(14)20)19-12-15-6-3-4-9-17(15)24(2,22)23/h3-9,19H,10-12H2,1-2H3. The van der Waals surface area contributed by atoms with Gasteiger partial charge in [0, 0.05) is 26.3 Å². The van der Waals surface area contributed by atoms with Gasteiger partial charge in [0.2, 0.25) is 5.91 Å². The Hall–Kier alpha value is -2.34. The predicted molar refractivity (Wildman–Crippen MR) is 95.1 cm³/mol. The SMILES string of the molecule is CC(=O)N1CCc2cccc(NCc3ccccc3S(C)(=O)=O)c21. The van der Waals surface area contributed by atoms with Gasteiger partial charge in [0.25, 0.3) is 0 Å². The van der Waals surface area contributed by atoms with Gasteiger partial charge in [0.15, 0.2) is 9.84 Å². The molecule has 1 amide bonds. The summed E-state index contributed by atoms with van der Waals surface area (Å²) in [5, 5.41) is 3.30. The Morgan fingerprint density at radius 1 is 1.17 bits per heavy atom. The molecule has 2 aromatic rings. The number of carbonyl (C=O) groups is 1. The number of benzene rings is 2. The molecule has 0 radical (unpaired) electrons. The van der Waals surface area contributed by atoms with E-state index in [-0.39, 0.29) is 5.91 Å². The van der Waals surface area contributed by atoms with Crippen LogP contribution >= 0.6 is 0 Å². The molecule has 0 unspecified atom stereocenters. The first-order valence-electron chi connectivity index (χ1n) is 7.80. The number of para-hydroxylation sites is 1. The van der Waals surface area contributed by atoms with E-state index in [0.717, 1.165) is 23.4 Å². The van der Waals surface area contributed by atoms with E-state index >= 15 is 0 Å². The van der Waals surface area contributed by atoms with Gasteiger partial charge in [-0.25, -0.2) is 8.42 Å². The molecule has 5 nitrogen and oxygen atoms in total. The fraction of sp³-hybridized carbons (Fsp3) is 0.278. The number of hydrogen-bond acceptors (Lipinski definition) is 4. The third-order valence-corrected chi connectivity index (χ3v) is 5.41. The second-order valence-electron chi connectivity index (χ2n) is 5.97. The average molecular weight is 344 g/mol. The zero-order valence-electron chi connectivity index (χ0n) is 13.7. The lowest BCUT2D eigenvalue weighted by molar-refractivity contribution is -0.116. The molecule has 24 heavy (non-hydrogen) atoms. The second kappa shape index (κ2) is 6.28. The molecule has 0 aromatic heterocycles. The third kappa shape index (κ3) is 3.14. The summed E-state index contributed by atoms with van der Waals surface area (Å²) < 4.78 is 23.8. The minimum Gasteiger partial charge on any atom is -0.379 e. The molecule has 126 valence electrons. The van der Waals surface area contributed by atoms with E-state index in [2.05, 4.69) is 5.32 Å². The van der Waals surface area contributed by atoms with Crippen LogP contribution in [0.25, 0.3) is 0 Å². The van der Waals surface area contributed by atoms with Gasteiger partial charge in [0.05, 0.1) is 16.3 Å². The topological polar surface area (TPSA) is 66.5 Å². The summed E-state index contributed by atoms with van der Waals surface area (Å²) in [5.41, 5.74) is 3.60. The van der Waals surface area contributed by atoms with E-state index in [1.165, 1.54) is 6.26 Å². The summed E-state index contributed by atoms with van der Waals surface area (Å²) in [7, 11) is -3.28. The van der Waals surface area contributed by atoms with Crippen molar-refractivity contribution in [2.75, 3.05) is 23.0 Å². The number of nitrogens with zero attached hydrogens (tertiary/aromatic N) is 1. The van der Waals surface area contributed by atoms with Crippen molar-refractivity contribution in [1.82, 2.24) is 0 Å². The van der Waals surface area contributed by atoms with Gasteiger partial charge in [-0.15, -0.1) is 0 Å². The number of rotatable bonds is 4. The van der Waals surface area contributed by atoms with Crippen LogP contribution in [-0.2, 0) is 27.6 Å². The fourth-order valence-corrected chi connectivity index (χ4v) is 4.06. The third-order valence-electron chi connectivity index (χ3n) is 4.22. The Balaban J connectivity index is 1.90. The number of carbonyl (C=O) groups excluding carboxylic acids is 1. The van der Waals surface area contributed by atoms with Crippen molar-refractivity contribution in [1.29, 1.82) is 0 Å². The summed E-state index contributed by atoms with van der Waals surface area (Å²) in [6, 6.07) is 12.9. The highest BCUT2D eigenvalue weighted by Crippen LogP contribution is 2.36. The quantitative estimate of drug-likeness (QED) is 0.926. The zero-order valence-corrected chi connectivity index (χ0v) is 14.6. The van der Waals surface area contributed by atoms with E-state index in [1.54, 1.807) is 30.0 Å². The molecule has 1 aliphatic rings. The number of anilines is 2. The first-order valence-corrected chi connectivity index (χ1v) is 9.69. The van der Waals surface area contributed by atoms with Crippen LogP contribution < -0.4 is 10.2 Å². The fourth-order valence-electron chi connectivity index (χ4n) is 3.12. The van der Waals surface area contributed by atoms with E-state index in [1.807, 2.05) is 24.3 Å². The van der Waals surface area contributed by atoms with Crippen molar-refractivity contribution in [3.63, 3.8) is 0 Å². The van der Waals surface area contributed by atoms with E-state index in [0.29, 0.717) is 23.5 Å². The highest BCUT2D eigenvalue weighted by molar-refractivity contribution is 7.90. The van der Waals surface area contributed by atoms with Crippen molar-refractivity contribution in [3.05, 3.63) is 53.6 Å². The molecule has 1 aliphatic heterocycles. The Labute approximate surface area is 142 Å². The molecule has 3 rings (SSSR count). The van der Waals surface area contributed by atoms with Gasteiger partial charge in [-0.3, -0.25) is 4.79 Å². The van der Waals surface area contributed by atoms with Crippen LogP contribution in [0.5, 0.6) is 0 Å². The Bertz CT molecular complexity index is 891. The highest BCUT2D eigenvalue weighted by atomic mass is 32.2. The monoisotopic (exact) mass is 344 g/mol. The van der Waals surface area contributed by atoms with Crippen LogP contribution in [-0.4, -0.2) is 27.1 Å². The highest BCUT2D eigenvalue weighted by Gasteiger charge is 2.25. The van der Waals surface area contributed by atoms with E-state index in [9.17, 15) is 13.2 Å². The van der Waals surface area contributed by atoms with Crippen molar-refractivity contribution in [3.8, 4) is 0 Å². The van der Waals surface area contributed by atoms with Crippen LogP contribution in [0.4, 0.5) is 11.4 Å². The molecular formula is C18H20N2O3S. The number of nitrogens with one attached hydrogen (secondary N) is 1. The summed E-state index contributed by atoms with van der Waals surface area (Å²) in [6.07, 6.45) is 2.05. The zero-order chi connectivity index (χ0) is 17.3. The van der Waals surface area contributed by atoms with Crippen LogP contribution in [0.2, 0.25) is 0 Å². The van der Waals surface area contributed by atoms with Crippen LogP contribution in [0.3, 0.4) is 0 Å². The lowest BCUT2D eigenvalue weighted by Crippen LogP contribution is -2.26. The molecule has 6 heteroatoms. The molecule has 0 atom stereocenters. The Morgan fingerprint density at radius 3 is 2.62 bits per heavy atom. The van der Waals surface area contributed by atoms with Gasteiger partial charge in [0.1, 0.15) is 0 Å². The maximum Gasteiger partial charge on any atom is 0.223 e. The van der Waals surface area contributed by atoms with Gasteiger partial charge >= 0.3 is 0 Å². The molecule has 2 aromatic carbocycles. The number of sulfone groups is 1. The van der Waals surface area contributed by atoms with E-state index in [4.69, 9.17) is 0 Å². The summed E-state index contributed by atoms with van der Waals surface area (Å²) in [4.78, 5) is 13.9.